The van der Waals surface area contributed by atoms with E-state index in [1.807, 2.05) is 24.3 Å². The van der Waals surface area contributed by atoms with Crippen LogP contribution < -0.4 is 5.73 Å². The molecule has 0 atom stereocenters. The fraction of sp³-hybridized carbons (Fsp3) is 0.222. The van der Waals surface area contributed by atoms with Crippen molar-refractivity contribution in [3.63, 3.8) is 0 Å². The summed E-state index contributed by atoms with van der Waals surface area (Å²) in [6.07, 6.45) is 2.90. The summed E-state index contributed by atoms with van der Waals surface area (Å²) in [5.41, 5.74) is 9.48. The highest BCUT2D eigenvalue weighted by Gasteiger charge is 2.14. The van der Waals surface area contributed by atoms with Gasteiger partial charge in [0.05, 0.1) is 5.52 Å². The Bertz CT molecular complexity index is 732. The Morgan fingerprint density at radius 1 is 0.952 bits per heavy atom. The minimum atomic E-state index is -0.199. The first-order chi connectivity index (χ1) is 10.3. The monoisotopic (exact) mass is 282 g/mol. The van der Waals surface area contributed by atoms with Crippen molar-refractivity contribution in [2.45, 2.75) is 19.3 Å². The number of H-pyrrole nitrogens is 1. The molecule has 0 fully saturated rings. The van der Waals surface area contributed by atoms with Crippen molar-refractivity contribution >= 4 is 10.9 Å². The molecule has 2 nitrogen and oxygen atoms in total. The summed E-state index contributed by atoms with van der Waals surface area (Å²) in [4.78, 5) is 3.27. The fourth-order valence-corrected chi connectivity index (χ4v) is 2.79. The molecule has 0 saturated carbocycles. The van der Waals surface area contributed by atoms with Crippen LogP contribution in [0.2, 0.25) is 0 Å². The van der Waals surface area contributed by atoms with E-state index in [1.54, 1.807) is 6.07 Å². The predicted molar refractivity (Wildman–Crippen MR) is 85.7 cm³/mol. The summed E-state index contributed by atoms with van der Waals surface area (Å²) in [6, 6.07) is 15.3. The highest BCUT2D eigenvalue weighted by molar-refractivity contribution is 5.91. The van der Waals surface area contributed by atoms with Crippen LogP contribution >= 0.6 is 0 Å². The Hall–Kier alpha value is -2.13. The minimum Gasteiger partial charge on any atom is -0.352 e. The third-order valence-corrected chi connectivity index (χ3v) is 3.83. The molecule has 0 unspecified atom stereocenters. The molecule has 0 bridgehead atoms. The highest BCUT2D eigenvalue weighted by atomic mass is 19.1. The van der Waals surface area contributed by atoms with Crippen molar-refractivity contribution in [3.05, 3.63) is 59.9 Å². The number of benzene rings is 2. The zero-order valence-electron chi connectivity index (χ0n) is 11.9. The van der Waals surface area contributed by atoms with E-state index in [0.29, 0.717) is 12.1 Å². The lowest BCUT2D eigenvalue weighted by molar-refractivity contribution is 0.637. The average molecular weight is 282 g/mol. The minimum absolute atomic E-state index is 0.199. The van der Waals surface area contributed by atoms with Crippen molar-refractivity contribution in [1.29, 1.82) is 0 Å². The van der Waals surface area contributed by atoms with Crippen LogP contribution in [0.1, 0.15) is 18.4 Å². The van der Waals surface area contributed by atoms with Gasteiger partial charge in [-0.2, -0.15) is 0 Å². The zero-order chi connectivity index (χ0) is 14.7. The molecule has 0 aliphatic heterocycles. The van der Waals surface area contributed by atoms with Crippen molar-refractivity contribution in [2.75, 3.05) is 6.54 Å². The fourth-order valence-electron chi connectivity index (χ4n) is 2.79. The third kappa shape index (κ3) is 2.69. The smallest absolute Gasteiger partial charge is 0.147 e. The number of nitrogens with two attached hydrogens (primary N) is 1. The maximum absolute atomic E-state index is 14.0. The van der Waals surface area contributed by atoms with Crippen LogP contribution in [0.5, 0.6) is 0 Å². The van der Waals surface area contributed by atoms with Gasteiger partial charge in [0.15, 0.2) is 0 Å². The number of aromatic amines is 1. The molecule has 2 aromatic carbocycles. The molecular weight excluding hydrogens is 263 g/mol. The first-order valence-electron chi connectivity index (χ1n) is 7.36. The first-order valence-corrected chi connectivity index (χ1v) is 7.36. The molecule has 0 saturated heterocycles. The van der Waals surface area contributed by atoms with Crippen LogP contribution in [-0.2, 0) is 6.42 Å². The molecule has 108 valence electrons. The maximum Gasteiger partial charge on any atom is 0.147 e. The number of halogens is 1. The topological polar surface area (TPSA) is 41.8 Å². The predicted octanol–water partition coefficient (Wildman–Crippen LogP) is 4.26. The van der Waals surface area contributed by atoms with E-state index in [-0.39, 0.29) is 5.82 Å². The van der Waals surface area contributed by atoms with E-state index in [0.717, 1.165) is 35.9 Å². The molecular formula is C18H19FN2. The molecule has 3 N–H and O–H groups in total. The average Bonchev–Trinajstić information content (AvgIpc) is 2.89. The SMILES string of the molecule is NCCCCc1c(-c2ccccc2)[nH]c2c(F)cccc12. The number of aromatic nitrogens is 1. The number of aryl methyl sites for hydroxylation is 1. The molecule has 1 heterocycles. The molecule has 3 heteroatoms. The number of rotatable bonds is 5. The maximum atomic E-state index is 14.0. The summed E-state index contributed by atoms with van der Waals surface area (Å²) in [5, 5.41) is 0.978. The van der Waals surface area contributed by atoms with E-state index < -0.39 is 0 Å². The summed E-state index contributed by atoms with van der Waals surface area (Å²) >= 11 is 0. The number of unbranched alkanes of at least 4 members (excludes halogenated alkanes) is 1. The van der Waals surface area contributed by atoms with Gasteiger partial charge in [-0.15, -0.1) is 0 Å². The Morgan fingerprint density at radius 2 is 1.76 bits per heavy atom. The second kappa shape index (κ2) is 6.10. The van der Waals surface area contributed by atoms with Gasteiger partial charge in [0, 0.05) is 11.1 Å². The lowest BCUT2D eigenvalue weighted by Gasteiger charge is -2.05. The normalized spacial score (nSPS) is 11.1. The number of nitrogens with one attached hydrogen (secondary N) is 1. The Kier molecular flexibility index (Phi) is 4.02. The van der Waals surface area contributed by atoms with Crippen LogP contribution in [0.15, 0.2) is 48.5 Å². The van der Waals surface area contributed by atoms with Crippen molar-refractivity contribution < 1.29 is 4.39 Å². The molecule has 3 rings (SSSR count). The summed E-state index contributed by atoms with van der Waals surface area (Å²) in [5.74, 6) is -0.199. The molecule has 1 aromatic heterocycles. The van der Waals surface area contributed by atoms with Crippen LogP contribution in [0.4, 0.5) is 4.39 Å². The molecule has 3 aromatic rings. The van der Waals surface area contributed by atoms with Crippen LogP contribution in [0, 0.1) is 5.82 Å². The van der Waals surface area contributed by atoms with Crippen molar-refractivity contribution in [1.82, 2.24) is 4.98 Å². The zero-order valence-corrected chi connectivity index (χ0v) is 11.9. The second-order valence-electron chi connectivity index (χ2n) is 5.25. The van der Waals surface area contributed by atoms with Gasteiger partial charge in [0.25, 0.3) is 0 Å². The van der Waals surface area contributed by atoms with Crippen LogP contribution in [-0.4, -0.2) is 11.5 Å². The van der Waals surface area contributed by atoms with Gasteiger partial charge in [-0.05, 0) is 43.0 Å². The number of hydrogen-bond acceptors (Lipinski definition) is 1. The van der Waals surface area contributed by atoms with Gasteiger partial charge < -0.3 is 10.7 Å². The molecule has 21 heavy (non-hydrogen) atoms. The van der Waals surface area contributed by atoms with Crippen molar-refractivity contribution in [3.8, 4) is 11.3 Å². The number of para-hydroxylation sites is 1. The van der Waals surface area contributed by atoms with Gasteiger partial charge in [-0.1, -0.05) is 42.5 Å². The van der Waals surface area contributed by atoms with E-state index in [4.69, 9.17) is 5.73 Å². The summed E-state index contributed by atoms with van der Waals surface area (Å²) in [7, 11) is 0. The van der Waals surface area contributed by atoms with Crippen LogP contribution in [0.25, 0.3) is 22.2 Å². The summed E-state index contributed by atoms with van der Waals surface area (Å²) in [6.45, 7) is 0.692. The van der Waals surface area contributed by atoms with E-state index in [9.17, 15) is 4.39 Å². The van der Waals surface area contributed by atoms with Crippen molar-refractivity contribution in [2.24, 2.45) is 5.73 Å². The second-order valence-corrected chi connectivity index (χ2v) is 5.25. The molecule has 0 spiro atoms. The highest BCUT2D eigenvalue weighted by Crippen LogP contribution is 2.32. The standard InChI is InChI=1S/C18H19FN2/c19-16-11-6-10-15-14(9-4-5-12-20)17(21-18(15)16)13-7-2-1-3-8-13/h1-3,6-8,10-11,21H,4-5,9,12,20H2. The van der Waals surface area contributed by atoms with Gasteiger partial charge >= 0.3 is 0 Å². The van der Waals surface area contributed by atoms with E-state index in [1.165, 1.54) is 11.6 Å². The Balaban J connectivity index is 2.13. The lowest BCUT2D eigenvalue weighted by atomic mass is 10.0. The van der Waals surface area contributed by atoms with Gasteiger partial charge in [0.1, 0.15) is 5.82 Å². The largest absolute Gasteiger partial charge is 0.352 e. The molecule has 0 aliphatic carbocycles. The Morgan fingerprint density at radius 3 is 2.52 bits per heavy atom. The van der Waals surface area contributed by atoms with Crippen LogP contribution in [0.3, 0.4) is 0 Å². The third-order valence-electron chi connectivity index (χ3n) is 3.83. The van der Waals surface area contributed by atoms with Gasteiger partial charge in [-0.25, -0.2) is 4.39 Å². The molecule has 0 aliphatic rings. The van der Waals surface area contributed by atoms with Gasteiger partial charge in [0.2, 0.25) is 0 Å². The van der Waals surface area contributed by atoms with E-state index in [2.05, 4.69) is 17.1 Å². The number of fused-ring (bicyclic) bond motifs is 1. The van der Waals surface area contributed by atoms with Gasteiger partial charge in [-0.3, -0.25) is 0 Å². The molecule has 0 radical (unpaired) electrons. The first kappa shape index (κ1) is 13.8. The Labute approximate surface area is 123 Å². The summed E-state index contributed by atoms with van der Waals surface area (Å²) < 4.78 is 14.0. The number of hydrogen-bond donors (Lipinski definition) is 2. The molecule has 0 amide bonds. The quantitative estimate of drug-likeness (QED) is 0.675. The lowest BCUT2D eigenvalue weighted by Crippen LogP contribution is -1.99. The van der Waals surface area contributed by atoms with E-state index >= 15 is 0 Å².